The minimum absolute atomic E-state index is 0.174. The summed E-state index contributed by atoms with van der Waals surface area (Å²) >= 11 is 0. The topological polar surface area (TPSA) is 82.5 Å². The number of carbonyl (C=O) groups is 2. The third kappa shape index (κ3) is 6.09. The Bertz CT molecular complexity index is 559. The molecule has 2 amide bonds. The lowest BCUT2D eigenvalue weighted by Crippen LogP contribution is -2.51. The average molecular weight is 361 g/mol. The normalized spacial score (nSPS) is 16.3. The summed E-state index contributed by atoms with van der Waals surface area (Å²) < 4.78 is 0. The van der Waals surface area contributed by atoms with Crippen molar-refractivity contribution in [2.24, 2.45) is 0 Å². The van der Waals surface area contributed by atoms with Crippen LogP contribution < -0.4 is 5.32 Å². The average Bonchev–Trinajstić information content (AvgIpc) is 3.20. The van der Waals surface area contributed by atoms with Gasteiger partial charge in [0.05, 0.1) is 0 Å². The van der Waals surface area contributed by atoms with Gasteiger partial charge in [0.2, 0.25) is 11.8 Å². The molecule has 6 nitrogen and oxygen atoms in total. The number of pyridine rings is 1. The maximum atomic E-state index is 12.8. The minimum Gasteiger partial charge on any atom is -0.386 e. The molecule has 1 saturated heterocycles. The highest BCUT2D eigenvalue weighted by molar-refractivity contribution is 5.88. The molecule has 0 unspecified atom stereocenters. The highest BCUT2D eigenvalue weighted by Gasteiger charge is 2.33. The molecule has 0 spiro atoms. The number of nitrogens with one attached hydrogen (secondary N) is 1. The standard InChI is InChI=1S/C20H31N3O3/c1-2-3-4-5-6-9-17(24)22-18(20(26)23-14-7-8-15-23)19(25)16-10-12-21-13-11-16/h10-13,18-19,25H,2-9,14-15H2,1H3,(H,22,24)/t18-,19+/m1/s1. The number of likely N-dealkylation sites (tertiary alicyclic amines) is 1. The Labute approximate surface area is 156 Å². The Kier molecular flexibility index (Phi) is 8.54. The van der Waals surface area contributed by atoms with Crippen LogP contribution in [0, 0.1) is 0 Å². The van der Waals surface area contributed by atoms with E-state index >= 15 is 0 Å². The number of aromatic nitrogens is 1. The van der Waals surface area contributed by atoms with Crippen LogP contribution >= 0.6 is 0 Å². The van der Waals surface area contributed by atoms with Crippen LogP contribution in [0.3, 0.4) is 0 Å². The molecule has 1 aromatic heterocycles. The molecule has 2 N–H and O–H groups in total. The van der Waals surface area contributed by atoms with Crippen LogP contribution in [0.4, 0.5) is 0 Å². The van der Waals surface area contributed by atoms with Gasteiger partial charge in [-0.2, -0.15) is 0 Å². The van der Waals surface area contributed by atoms with Crippen molar-refractivity contribution in [3.63, 3.8) is 0 Å². The van der Waals surface area contributed by atoms with Crippen LogP contribution in [0.25, 0.3) is 0 Å². The highest BCUT2D eigenvalue weighted by atomic mass is 16.3. The highest BCUT2D eigenvalue weighted by Crippen LogP contribution is 2.20. The molecule has 0 aliphatic carbocycles. The number of amides is 2. The molecule has 1 aliphatic rings. The van der Waals surface area contributed by atoms with E-state index in [9.17, 15) is 14.7 Å². The van der Waals surface area contributed by atoms with Gasteiger partial charge in [-0.3, -0.25) is 14.6 Å². The number of rotatable bonds is 10. The Hall–Kier alpha value is -1.95. The zero-order valence-corrected chi connectivity index (χ0v) is 15.7. The molecule has 0 saturated carbocycles. The molecule has 1 fully saturated rings. The summed E-state index contributed by atoms with van der Waals surface area (Å²) in [5.74, 6) is -0.377. The molecule has 6 heteroatoms. The number of hydrogen-bond donors (Lipinski definition) is 2. The third-order valence-corrected chi connectivity index (χ3v) is 4.87. The van der Waals surface area contributed by atoms with Gasteiger partial charge in [0.15, 0.2) is 0 Å². The van der Waals surface area contributed by atoms with Crippen LogP contribution in [0.1, 0.15) is 70.0 Å². The predicted octanol–water partition coefficient (Wildman–Crippen LogP) is 2.58. The van der Waals surface area contributed by atoms with Crippen molar-refractivity contribution in [1.82, 2.24) is 15.2 Å². The molecule has 144 valence electrons. The summed E-state index contributed by atoms with van der Waals surface area (Å²) in [6.07, 6.45) is 9.68. The van der Waals surface area contributed by atoms with Gasteiger partial charge in [0.1, 0.15) is 12.1 Å². The fourth-order valence-electron chi connectivity index (χ4n) is 3.30. The summed E-state index contributed by atoms with van der Waals surface area (Å²) in [4.78, 5) is 30.9. The van der Waals surface area contributed by atoms with Crippen molar-refractivity contribution in [3.8, 4) is 0 Å². The maximum Gasteiger partial charge on any atom is 0.248 e. The second-order valence-electron chi connectivity index (χ2n) is 6.97. The fourth-order valence-corrected chi connectivity index (χ4v) is 3.30. The van der Waals surface area contributed by atoms with E-state index in [0.717, 1.165) is 38.5 Å². The molecule has 1 aliphatic heterocycles. The molecule has 0 aromatic carbocycles. The lowest BCUT2D eigenvalue weighted by atomic mass is 10.0. The van der Waals surface area contributed by atoms with E-state index in [-0.39, 0.29) is 11.8 Å². The summed E-state index contributed by atoms with van der Waals surface area (Å²) in [7, 11) is 0. The number of aliphatic hydroxyl groups is 1. The number of hydrogen-bond acceptors (Lipinski definition) is 4. The largest absolute Gasteiger partial charge is 0.386 e. The molecule has 26 heavy (non-hydrogen) atoms. The summed E-state index contributed by atoms with van der Waals surface area (Å²) in [5.41, 5.74) is 0.584. The lowest BCUT2D eigenvalue weighted by molar-refractivity contribution is -0.139. The molecular weight excluding hydrogens is 330 g/mol. The SMILES string of the molecule is CCCCCCCC(=O)N[C@@H](C(=O)N1CCCC1)[C@@H](O)c1ccncc1. The van der Waals surface area contributed by atoms with E-state index in [1.807, 2.05) is 0 Å². The number of nitrogens with zero attached hydrogens (tertiary/aromatic N) is 2. The van der Waals surface area contributed by atoms with Crippen molar-refractivity contribution >= 4 is 11.8 Å². The van der Waals surface area contributed by atoms with Gasteiger partial charge < -0.3 is 15.3 Å². The van der Waals surface area contributed by atoms with E-state index < -0.39 is 12.1 Å². The van der Waals surface area contributed by atoms with Crippen molar-refractivity contribution in [2.45, 2.75) is 70.4 Å². The van der Waals surface area contributed by atoms with Gasteiger partial charge in [0.25, 0.3) is 0 Å². The fraction of sp³-hybridized carbons (Fsp3) is 0.650. The van der Waals surface area contributed by atoms with E-state index in [1.165, 1.54) is 6.42 Å². The molecule has 0 radical (unpaired) electrons. The van der Waals surface area contributed by atoms with Crippen molar-refractivity contribution in [3.05, 3.63) is 30.1 Å². The first-order chi connectivity index (χ1) is 12.6. The summed E-state index contributed by atoms with van der Waals surface area (Å²) in [6, 6.07) is 2.40. The smallest absolute Gasteiger partial charge is 0.248 e. The van der Waals surface area contributed by atoms with Crippen LogP contribution in [-0.2, 0) is 9.59 Å². The zero-order chi connectivity index (χ0) is 18.8. The Balaban J connectivity index is 1.98. The van der Waals surface area contributed by atoms with Crippen LogP contribution in [0.5, 0.6) is 0 Å². The van der Waals surface area contributed by atoms with Crippen LogP contribution in [-0.4, -0.2) is 45.9 Å². The summed E-state index contributed by atoms with van der Waals surface area (Å²) in [6.45, 7) is 3.53. The minimum atomic E-state index is -1.07. The van der Waals surface area contributed by atoms with Gasteiger partial charge in [-0.25, -0.2) is 0 Å². The molecule has 2 atom stereocenters. The monoisotopic (exact) mass is 361 g/mol. The van der Waals surface area contributed by atoms with E-state index in [1.54, 1.807) is 29.4 Å². The Morgan fingerprint density at radius 1 is 1.15 bits per heavy atom. The number of unbranched alkanes of at least 4 members (excludes halogenated alkanes) is 4. The molecular formula is C20H31N3O3. The van der Waals surface area contributed by atoms with Gasteiger partial charge in [0, 0.05) is 31.9 Å². The van der Waals surface area contributed by atoms with E-state index in [4.69, 9.17) is 0 Å². The first-order valence-electron chi connectivity index (χ1n) is 9.79. The van der Waals surface area contributed by atoms with Gasteiger partial charge in [-0.1, -0.05) is 32.6 Å². The van der Waals surface area contributed by atoms with Crippen molar-refractivity contribution in [1.29, 1.82) is 0 Å². The molecule has 2 rings (SSSR count). The van der Waals surface area contributed by atoms with Crippen molar-refractivity contribution < 1.29 is 14.7 Å². The molecule has 2 heterocycles. The number of carbonyl (C=O) groups excluding carboxylic acids is 2. The van der Waals surface area contributed by atoms with Crippen LogP contribution in [0.15, 0.2) is 24.5 Å². The van der Waals surface area contributed by atoms with Gasteiger partial charge >= 0.3 is 0 Å². The quantitative estimate of drug-likeness (QED) is 0.628. The second kappa shape index (κ2) is 10.9. The van der Waals surface area contributed by atoms with E-state index in [0.29, 0.717) is 25.1 Å². The van der Waals surface area contributed by atoms with Gasteiger partial charge in [-0.05, 0) is 37.0 Å². The van der Waals surface area contributed by atoms with Crippen LogP contribution in [0.2, 0.25) is 0 Å². The lowest BCUT2D eigenvalue weighted by Gasteiger charge is -2.28. The zero-order valence-electron chi connectivity index (χ0n) is 15.7. The maximum absolute atomic E-state index is 12.8. The van der Waals surface area contributed by atoms with Crippen molar-refractivity contribution in [2.75, 3.05) is 13.1 Å². The van der Waals surface area contributed by atoms with E-state index in [2.05, 4.69) is 17.2 Å². The Morgan fingerprint density at radius 3 is 2.46 bits per heavy atom. The number of aliphatic hydroxyl groups excluding tert-OH is 1. The molecule has 1 aromatic rings. The Morgan fingerprint density at radius 2 is 1.81 bits per heavy atom. The molecule has 0 bridgehead atoms. The first kappa shape index (κ1) is 20.4. The third-order valence-electron chi connectivity index (χ3n) is 4.87. The predicted molar refractivity (Wildman–Crippen MR) is 100 cm³/mol. The second-order valence-corrected chi connectivity index (χ2v) is 6.97. The van der Waals surface area contributed by atoms with Gasteiger partial charge in [-0.15, -0.1) is 0 Å². The summed E-state index contributed by atoms with van der Waals surface area (Å²) in [5, 5.41) is 13.5. The first-order valence-corrected chi connectivity index (χ1v) is 9.79.